The maximum absolute atomic E-state index is 11.3. The van der Waals surface area contributed by atoms with Crippen LogP contribution in [0.25, 0.3) is 10.9 Å². The fourth-order valence-electron chi connectivity index (χ4n) is 4.26. The third kappa shape index (κ3) is 2.96. The smallest absolute Gasteiger partial charge is 0.146 e. The second-order valence-electron chi connectivity index (χ2n) is 9.09. The van der Waals surface area contributed by atoms with E-state index in [1.165, 1.54) is 27.7 Å². The molecule has 1 aromatic heterocycles. The summed E-state index contributed by atoms with van der Waals surface area (Å²) >= 11 is 9.90. The highest BCUT2D eigenvalue weighted by Gasteiger charge is 2.74. The summed E-state index contributed by atoms with van der Waals surface area (Å²) in [6, 6.07) is 3.74. The molecule has 2 aromatic rings. The molecule has 1 aliphatic rings. The minimum Gasteiger partial charge on any atom is -0.488 e. The Kier molecular flexibility index (Phi) is 5.60. The largest absolute Gasteiger partial charge is 0.488 e. The van der Waals surface area contributed by atoms with Crippen LogP contribution in [0.4, 0.5) is 0 Å². The van der Waals surface area contributed by atoms with Crippen molar-refractivity contribution in [1.82, 2.24) is 4.57 Å². The van der Waals surface area contributed by atoms with Crippen LogP contribution in [0.3, 0.4) is 0 Å². The lowest BCUT2D eigenvalue weighted by Gasteiger charge is -2.65. The van der Waals surface area contributed by atoms with Crippen molar-refractivity contribution in [3.8, 4) is 5.75 Å². The lowest BCUT2D eigenvalue weighted by Crippen LogP contribution is -2.85. The van der Waals surface area contributed by atoms with Crippen LogP contribution in [-0.4, -0.2) is 66.2 Å². The molecule has 30 heavy (non-hydrogen) atoms. The van der Waals surface area contributed by atoms with E-state index in [-0.39, 0.29) is 6.61 Å². The Morgan fingerprint density at radius 2 is 1.60 bits per heavy atom. The van der Waals surface area contributed by atoms with Crippen molar-refractivity contribution in [3.05, 3.63) is 27.8 Å². The Hall–Kier alpha value is -0.870. The maximum atomic E-state index is 11.3. The van der Waals surface area contributed by atoms with Crippen molar-refractivity contribution in [1.29, 1.82) is 0 Å². The molecule has 0 spiro atoms. The molecule has 9 heteroatoms. The second kappa shape index (κ2) is 7.07. The number of ether oxygens (including phenoxy) is 2. The number of halogens is 2. The van der Waals surface area contributed by atoms with Gasteiger partial charge in [-0.1, -0.05) is 11.6 Å². The van der Waals surface area contributed by atoms with Crippen LogP contribution in [0, 0.1) is 0 Å². The summed E-state index contributed by atoms with van der Waals surface area (Å²) in [6.07, 6.45) is 1.77. The Morgan fingerprint density at radius 1 is 1.03 bits per heavy atom. The van der Waals surface area contributed by atoms with E-state index >= 15 is 0 Å². The predicted octanol–water partition coefficient (Wildman–Crippen LogP) is 2.77. The molecule has 3 rings (SSSR count). The van der Waals surface area contributed by atoms with Gasteiger partial charge in [0.25, 0.3) is 0 Å². The number of nitrogens with zero attached hydrogens (tertiary/aromatic N) is 1. The van der Waals surface area contributed by atoms with E-state index < -0.39 is 34.6 Å². The minimum absolute atomic E-state index is 0.177. The minimum atomic E-state index is -2.03. The topological polar surface area (TPSA) is 104 Å². The van der Waals surface area contributed by atoms with Gasteiger partial charge in [0.2, 0.25) is 0 Å². The van der Waals surface area contributed by atoms with Gasteiger partial charge in [-0.15, -0.1) is 0 Å². The quantitative estimate of drug-likeness (QED) is 0.508. The molecule has 0 aliphatic carbocycles. The molecular weight excluding hydrogens is 478 g/mol. The van der Waals surface area contributed by atoms with Crippen LogP contribution in [0.5, 0.6) is 5.75 Å². The van der Waals surface area contributed by atoms with Gasteiger partial charge in [0.05, 0.1) is 22.5 Å². The molecule has 1 aromatic carbocycles. The highest BCUT2D eigenvalue weighted by molar-refractivity contribution is 9.10. The Morgan fingerprint density at radius 3 is 2.17 bits per heavy atom. The number of aliphatic hydroxyl groups excluding tert-OH is 1. The zero-order valence-electron chi connectivity index (χ0n) is 18.0. The van der Waals surface area contributed by atoms with E-state index in [2.05, 4.69) is 15.9 Å². The average molecular weight is 507 g/mol. The summed E-state index contributed by atoms with van der Waals surface area (Å²) in [4.78, 5) is 0. The fraction of sp³-hybridized carbons (Fsp3) is 0.619. The molecule has 0 saturated carbocycles. The van der Waals surface area contributed by atoms with Crippen molar-refractivity contribution in [3.63, 3.8) is 0 Å². The van der Waals surface area contributed by atoms with Gasteiger partial charge in [0.15, 0.2) is 0 Å². The average Bonchev–Trinajstić information content (AvgIpc) is 2.97. The number of aryl methyl sites for hydroxylation is 1. The van der Waals surface area contributed by atoms with E-state index in [1.54, 1.807) is 13.1 Å². The summed E-state index contributed by atoms with van der Waals surface area (Å²) < 4.78 is 14.7. The van der Waals surface area contributed by atoms with Crippen LogP contribution in [-0.2, 0) is 11.8 Å². The molecule has 1 aliphatic heterocycles. The summed E-state index contributed by atoms with van der Waals surface area (Å²) in [7, 11) is 1.86. The first-order chi connectivity index (χ1) is 13.6. The summed E-state index contributed by atoms with van der Waals surface area (Å²) in [5.41, 5.74) is -8.12. The molecule has 7 nitrogen and oxygen atoms in total. The van der Waals surface area contributed by atoms with Gasteiger partial charge in [0.1, 0.15) is 40.4 Å². The maximum Gasteiger partial charge on any atom is 0.146 e. The highest BCUT2D eigenvalue weighted by Crippen LogP contribution is 2.53. The molecule has 0 amide bonds. The summed E-state index contributed by atoms with van der Waals surface area (Å²) in [6.45, 7) is 6.36. The lowest BCUT2D eigenvalue weighted by atomic mass is 9.58. The molecule has 1 fully saturated rings. The number of aromatic nitrogens is 1. The first-order valence-electron chi connectivity index (χ1n) is 9.60. The second-order valence-corrected chi connectivity index (χ2v) is 10.3. The van der Waals surface area contributed by atoms with E-state index in [9.17, 15) is 20.4 Å². The van der Waals surface area contributed by atoms with Crippen LogP contribution in [0.2, 0.25) is 5.02 Å². The van der Waals surface area contributed by atoms with Gasteiger partial charge in [-0.05, 0) is 62.7 Å². The standard InChI is InChI=1S/C21H29BrClNO6/c1-17(10-25)19(3,26)21(5,28)20(4,27)18(2,30-17)11-29-14-9-24(6)13-8-7-12(22)16(23)15(13)14/h7-9,25-28H,10-11H2,1-6H3/t17?,18-,19-,20?,21?/m1/s1. The normalized spacial score (nSPS) is 39.5. The zero-order chi connectivity index (χ0) is 22.9. The van der Waals surface area contributed by atoms with Crippen molar-refractivity contribution in [2.75, 3.05) is 13.2 Å². The van der Waals surface area contributed by atoms with E-state index in [0.29, 0.717) is 20.6 Å². The van der Waals surface area contributed by atoms with Crippen molar-refractivity contribution in [2.24, 2.45) is 7.05 Å². The Balaban J connectivity index is 2.04. The van der Waals surface area contributed by atoms with Crippen LogP contribution in [0.1, 0.15) is 34.6 Å². The van der Waals surface area contributed by atoms with Crippen molar-refractivity contribution >= 4 is 38.4 Å². The fourth-order valence-corrected chi connectivity index (χ4v) is 4.84. The zero-order valence-corrected chi connectivity index (χ0v) is 20.3. The van der Waals surface area contributed by atoms with Crippen LogP contribution >= 0.6 is 27.5 Å². The van der Waals surface area contributed by atoms with Crippen molar-refractivity contribution < 1.29 is 29.9 Å². The number of aliphatic hydroxyl groups is 4. The molecular formula is C21H29BrClNO6. The number of rotatable bonds is 4. The number of benzene rings is 1. The van der Waals surface area contributed by atoms with Gasteiger partial charge in [-0.25, -0.2) is 0 Å². The third-order valence-corrected chi connectivity index (χ3v) is 8.50. The Bertz CT molecular complexity index is 988. The monoisotopic (exact) mass is 505 g/mol. The molecule has 3 unspecified atom stereocenters. The summed E-state index contributed by atoms with van der Waals surface area (Å²) in [5, 5.41) is 44.7. The van der Waals surface area contributed by atoms with E-state index in [1.807, 2.05) is 23.7 Å². The number of fused-ring (bicyclic) bond motifs is 1. The third-order valence-electron chi connectivity index (χ3n) is 7.22. The van der Waals surface area contributed by atoms with Gasteiger partial charge in [-0.3, -0.25) is 0 Å². The van der Waals surface area contributed by atoms with Gasteiger partial charge in [0, 0.05) is 17.7 Å². The SMILES string of the molecule is Cn1cc(OC[C@@]2(C)OC(C)(CO)[C@@](C)(O)C(C)(O)C2(C)O)c2c(Cl)c(Br)ccc21. The first-order valence-corrected chi connectivity index (χ1v) is 10.8. The molecule has 2 heterocycles. The molecule has 168 valence electrons. The van der Waals surface area contributed by atoms with E-state index in [0.717, 1.165) is 5.52 Å². The Labute approximate surface area is 189 Å². The molecule has 0 radical (unpaired) electrons. The van der Waals surface area contributed by atoms with Crippen LogP contribution < -0.4 is 4.74 Å². The van der Waals surface area contributed by atoms with Gasteiger partial charge in [-0.2, -0.15) is 0 Å². The van der Waals surface area contributed by atoms with Gasteiger partial charge < -0.3 is 34.5 Å². The van der Waals surface area contributed by atoms with E-state index in [4.69, 9.17) is 21.1 Å². The molecule has 1 saturated heterocycles. The summed E-state index contributed by atoms with van der Waals surface area (Å²) in [5.74, 6) is 0.474. The first kappa shape index (κ1) is 23.8. The van der Waals surface area contributed by atoms with Crippen LogP contribution in [0.15, 0.2) is 22.8 Å². The highest BCUT2D eigenvalue weighted by atomic mass is 79.9. The number of hydrogen-bond donors (Lipinski definition) is 4. The molecule has 0 bridgehead atoms. The molecule has 4 N–H and O–H groups in total. The predicted molar refractivity (Wildman–Crippen MR) is 118 cm³/mol. The van der Waals surface area contributed by atoms with Gasteiger partial charge >= 0.3 is 0 Å². The van der Waals surface area contributed by atoms with Crippen molar-refractivity contribution in [2.45, 2.75) is 62.6 Å². The number of hydrogen-bond acceptors (Lipinski definition) is 6. The lowest BCUT2D eigenvalue weighted by molar-refractivity contribution is -0.405. The molecule has 5 atom stereocenters.